The van der Waals surface area contributed by atoms with Crippen molar-refractivity contribution in [3.05, 3.63) is 11.1 Å². The highest BCUT2D eigenvalue weighted by atomic mass is 32.2. The van der Waals surface area contributed by atoms with Gasteiger partial charge in [0.15, 0.2) is 4.34 Å². The quantitative estimate of drug-likeness (QED) is 0.844. The Morgan fingerprint density at radius 1 is 1.55 bits per heavy atom. The second-order valence-electron chi connectivity index (χ2n) is 4.90. The summed E-state index contributed by atoms with van der Waals surface area (Å²) in [6.45, 7) is 2.94. The molecular formula is C13H18N2O3S2. The molecule has 0 bridgehead atoms. The minimum absolute atomic E-state index is 0.0613. The van der Waals surface area contributed by atoms with Crippen molar-refractivity contribution in [2.75, 3.05) is 12.3 Å². The predicted molar refractivity (Wildman–Crippen MR) is 79.2 cm³/mol. The maximum atomic E-state index is 12.2. The minimum atomic E-state index is -0.884. The van der Waals surface area contributed by atoms with Crippen LogP contribution in [0.25, 0.3) is 0 Å². The van der Waals surface area contributed by atoms with E-state index >= 15 is 0 Å². The first-order valence-electron chi connectivity index (χ1n) is 6.64. The molecule has 0 spiro atoms. The molecule has 1 N–H and O–H groups in total. The van der Waals surface area contributed by atoms with Gasteiger partial charge in [-0.15, -0.1) is 11.3 Å². The van der Waals surface area contributed by atoms with Crippen LogP contribution in [0.3, 0.4) is 0 Å². The second kappa shape index (κ2) is 7.08. The van der Waals surface area contributed by atoms with Gasteiger partial charge in [0.05, 0.1) is 17.9 Å². The largest absolute Gasteiger partial charge is 0.481 e. The van der Waals surface area contributed by atoms with Crippen molar-refractivity contribution in [2.24, 2.45) is 0 Å². The number of likely N-dealkylation sites (tertiary alicyclic amines) is 1. The summed E-state index contributed by atoms with van der Waals surface area (Å²) < 4.78 is 0.763. The molecule has 1 atom stereocenters. The van der Waals surface area contributed by atoms with E-state index < -0.39 is 5.97 Å². The Kier molecular flexibility index (Phi) is 5.42. The molecule has 1 unspecified atom stereocenters. The topological polar surface area (TPSA) is 70.5 Å². The standard InChI is InChI=1S/C13H18N2O3S2/c1-9-4-2-3-5-15(9)11(16)8-20-13-14-10(7-19-13)6-12(17)18/h7,9H,2-6,8H2,1H3,(H,17,18). The van der Waals surface area contributed by atoms with Gasteiger partial charge in [0.2, 0.25) is 5.91 Å². The van der Waals surface area contributed by atoms with E-state index in [0.29, 0.717) is 17.5 Å². The lowest BCUT2D eigenvalue weighted by atomic mass is 10.0. The molecule has 1 amide bonds. The predicted octanol–water partition coefficient (Wildman–Crippen LogP) is 2.26. The van der Waals surface area contributed by atoms with Crippen molar-refractivity contribution >= 4 is 35.0 Å². The number of amides is 1. The second-order valence-corrected chi connectivity index (χ2v) is 6.98. The number of carbonyl (C=O) groups excluding carboxylic acids is 1. The molecule has 2 rings (SSSR count). The van der Waals surface area contributed by atoms with Crippen LogP contribution in [-0.2, 0) is 16.0 Å². The summed E-state index contributed by atoms with van der Waals surface area (Å²) in [5.74, 6) is -0.355. The number of hydrogen-bond acceptors (Lipinski definition) is 5. The fourth-order valence-electron chi connectivity index (χ4n) is 2.27. The Bertz CT molecular complexity index is 490. The number of piperidine rings is 1. The maximum Gasteiger partial charge on any atom is 0.309 e. The van der Waals surface area contributed by atoms with Gasteiger partial charge in [-0.3, -0.25) is 9.59 Å². The zero-order valence-electron chi connectivity index (χ0n) is 11.4. The van der Waals surface area contributed by atoms with Crippen molar-refractivity contribution in [1.29, 1.82) is 0 Å². The van der Waals surface area contributed by atoms with E-state index in [0.717, 1.165) is 23.7 Å². The molecule has 0 aliphatic carbocycles. The Hall–Kier alpha value is -1.08. The zero-order chi connectivity index (χ0) is 14.5. The van der Waals surface area contributed by atoms with Crippen LogP contribution < -0.4 is 0 Å². The first kappa shape index (κ1) is 15.3. The number of carbonyl (C=O) groups is 2. The molecule has 0 saturated carbocycles. The van der Waals surface area contributed by atoms with Crippen LogP contribution in [0.2, 0.25) is 0 Å². The van der Waals surface area contributed by atoms with Gasteiger partial charge >= 0.3 is 5.97 Å². The third kappa shape index (κ3) is 4.21. The summed E-state index contributed by atoms with van der Waals surface area (Å²) in [6.07, 6.45) is 3.30. The third-order valence-electron chi connectivity index (χ3n) is 3.31. The Balaban J connectivity index is 1.83. The highest BCUT2D eigenvalue weighted by Gasteiger charge is 2.23. The lowest BCUT2D eigenvalue weighted by Crippen LogP contribution is -2.42. The van der Waals surface area contributed by atoms with Gasteiger partial charge in [0, 0.05) is 18.0 Å². The summed E-state index contributed by atoms with van der Waals surface area (Å²) in [6, 6.07) is 0.329. The fraction of sp³-hybridized carbons (Fsp3) is 0.615. The monoisotopic (exact) mass is 314 g/mol. The van der Waals surface area contributed by atoms with Crippen molar-refractivity contribution in [3.8, 4) is 0 Å². The SMILES string of the molecule is CC1CCCCN1C(=O)CSc1nc(CC(=O)O)cs1. The van der Waals surface area contributed by atoms with Gasteiger partial charge in [-0.05, 0) is 26.2 Å². The van der Waals surface area contributed by atoms with Crippen molar-refractivity contribution in [3.63, 3.8) is 0 Å². The van der Waals surface area contributed by atoms with Gasteiger partial charge in [0.1, 0.15) is 0 Å². The van der Waals surface area contributed by atoms with Gasteiger partial charge in [-0.25, -0.2) is 4.98 Å². The smallest absolute Gasteiger partial charge is 0.309 e. The zero-order valence-corrected chi connectivity index (χ0v) is 13.0. The molecule has 1 fully saturated rings. The van der Waals surface area contributed by atoms with Crippen LogP contribution in [-0.4, -0.2) is 45.2 Å². The lowest BCUT2D eigenvalue weighted by molar-refractivity contribution is -0.136. The maximum absolute atomic E-state index is 12.2. The number of aromatic nitrogens is 1. The highest BCUT2D eigenvalue weighted by molar-refractivity contribution is 8.01. The van der Waals surface area contributed by atoms with Crippen molar-refractivity contribution < 1.29 is 14.7 Å². The molecule has 1 saturated heterocycles. The molecule has 20 heavy (non-hydrogen) atoms. The van der Waals surface area contributed by atoms with E-state index in [1.165, 1.54) is 29.5 Å². The Morgan fingerprint density at radius 3 is 3.05 bits per heavy atom. The summed E-state index contributed by atoms with van der Waals surface area (Å²) in [7, 11) is 0. The number of rotatable bonds is 5. The van der Waals surface area contributed by atoms with Gasteiger partial charge in [-0.2, -0.15) is 0 Å². The molecule has 110 valence electrons. The number of carboxylic acid groups (broad SMARTS) is 1. The number of nitrogens with zero attached hydrogens (tertiary/aromatic N) is 2. The van der Waals surface area contributed by atoms with Crippen LogP contribution in [0, 0.1) is 0 Å². The Morgan fingerprint density at radius 2 is 2.35 bits per heavy atom. The van der Waals surface area contributed by atoms with E-state index in [-0.39, 0.29) is 12.3 Å². The lowest BCUT2D eigenvalue weighted by Gasteiger charge is -2.33. The van der Waals surface area contributed by atoms with Gasteiger partial charge in [-0.1, -0.05) is 11.8 Å². The highest BCUT2D eigenvalue weighted by Crippen LogP contribution is 2.24. The van der Waals surface area contributed by atoms with E-state index in [9.17, 15) is 9.59 Å². The molecule has 2 heterocycles. The number of aliphatic carboxylic acids is 1. The van der Waals surface area contributed by atoms with E-state index in [2.05, 4.69) is 11.9 Å². The average Bonchev–Trinajstić information content (AvgIpc) is 2.83. The summed E-state index contributed by atoms with van der Waals surface area (Å²) in [5, 5.41) is 10.4. The first-order valence-corrected chi connectivity index (χ1v) is 8.51. The minimum Gasteiger partial charge on any atom is -0.481 e. The van der Waals surface area contributed by atoms with Gasteiger partial charge in [0.25, 0.3) is 0 Å². The molecule has 0 aromatic carbocycles. The Labute approximate surface area is 126 Å². The fourth-order valence-corrected chi connectivity index (χ4v) is 4.00. The number of hydrogen-bond donors (Lipinski definition) is 1. The molecule has 1 aliphatic rings. The van der Waals surface area contributed by atoms with Crippen molar-refractivity contribution in [1.82, 2.24) is 9.88 Å². The van der Waals surface area contributed by atoms with E-state index in [1.54, 1.807) is 5.38 Å². The average molecular weight is 314 g/mol. The van der Waals surface area contributed by atoms with Crippen LogP contribution in [0.5, 0.6) is 0 Å². The van der Waals surface area contributed by atoms with E-state index in [4.69, 9.17) is 5.11 Å². The number of carboxylic acids is 1. The first-order chi connectivity index (χ1) is 9.56. The number of thiazole rings is 1. The van der Waals surface area contributed by atoms with Crippen LogP contribution in [0.1, 0.15) is 31.9 Å². The molecule has 5 nitrogen and oxygen atoms in total. The van der Waals surface area contributed by atoms with Crippen molar-refractivity contribution in [2.45, 2.75) is 43.0 Å². The molecular weight excluding hydrogens is 296 g/mol. The summed E-state index contributed by atoms with van der Waals surface area (Å²) >= 11 is 2.79. The number of thioether (sulfide) groups is 1. The molecule has 0 radical (unpaired) electrons. The van der Waals surface area contributed by atoms with Crippen LogP contribution >= 0.6 is 23.1 Å². The normalized spacial score (nSPS) is 19.1. The van der Waals surface area contributed by atoms with Gasteiger partial charge < -0.3 is 10.0 Å². The summed E-state index contributed by atoms with van der Waals surface area (Å²) in [5.41, 5.74) is 0.559. The summed E-state index contributed by atoms with van der Waals surface area (Å²) in [4.78, 5) is 28.9. The van der Waals surface area contributed by atoms with E-state index in [1.807, 2.05) is 4.90 Å². The van der Waals surface area contributed by atoms with Crippen LogP contribution in [0.15, 0.2) is 9.72 Å². The molecule has 1 aromatic rings. The molecule has 7 heteroatoms. The third-order valence-corrected chi connectivity index (χ3v) is 5.36. The molecule has 1 aliphatic heterocycles. The molecule has 1 aromatic heterocycles. The van der Waals surface area contributed by atoms with Crippen LogP contribution in [0.4, 0.5) is 0 Å².